The molecule has 0 spiro atoms. The van der Waals surface area contributed by atoms with Crippen molar-refractivity contribution >= 4 is 0 Å². The predicted molar refractivity (Wildman–Crippen MR) is 68.0 cm³/mol. The molecule has 0 amide bonds. The lowest BCUT2D eigenvalue weighted by Crippen LogP contribution is -2.14. The van der Waals surface area contributed by atoms with Crippen LogP contribution >= 0.6 is 0 Å². The summed E-state index contributed by atoms with van der Waals surface area (Å²) in [5.41, 5.74) is 8.33. The first-order valence-electron chi connectivity index (χ1n) is 5.63. The Morgan fingerprint density at radius 3 is 2.72 bits per heavy atom. The number of ether oxygens (including phenoxy) is 1. The highest BCUT2D eigenvalue weighted by molar-refractivity contribution is 5.40. The Kier molecular flexibility index (Phi) is 3.58. The number of rotatable bonds is 3. The third-order valence-electron chi connectivity index (χ3n) is 2.92. The van der Waals surface area contributed by atoms with Gasteiger partial charge in [0.15, 0.2) is 0 Å². The van der Waals surface area contributed by atoms with Gasteiger partial charge in [0.2, 0.25) is 0 Å². The van der Waals surface area contributed by atoms with E-state index >= 15 is 0 Å². The Morgan fingerprint density at radius 2 is 2.11 bits per heavy atom. The predicted octanol–water partition coefficient (Wildman–Crippen LogP) is 2.59. The normalized spacial score (nSPS) is 12.2. The van der Waals surface area contributed by atoms with E-state index in [0.717, 1.165) is 16.9 Å². The molecule has 0 aliphatic heterocycles. The molecule has 2 aromatic rings. The van der Waals surface area contributed by atoms with Gasteiger partial charge in [0, 0.05) is 11.8 Å². The van der Waals surface area contributed by atoms with Crippen molar-refractivity contribution in [2.75, 3.05) is 7.11 Å². The molecule has 0 saturated carbocycles. The number of nitrogens with zero attached hydrogens (tertiary/aromatic N) is 1. The monoisotopic (exact) mass is 246 g/mol. The average Bonchev–Trinajstić information content (AvgIpc) is 2.38. The van der Waals surface area contributed by atoms with Crippen LogP contribution in [-0.4, -0.2) is 12.1 Å². The molecule has 3 nitrogen and oxygen atoms in total. The number of methoxy groups -OCH3 is 1. The van der Waals surface area contributed by atoms with Gasteiger partial charge in [-0.05, 0) is 30.2 Å². The highest BCUT2D eigenvalue weighted by Gasteiger charge is 2.14. The Balaban J connectivity index is 2.37. The molecule has 1 aromatic heterocycles. The van der Waals surface area contributed by atoms with Gasteiger partial charge in [-0.3, -0.25) is 4.98 Å². The number of halogens is 1. The maximum absolute atomic E-state index is 13.6. The van der Waals surface area contributed by atoms with E-state index in [1.165, 1.54) is 12.4 Å². The number of benzene rings is 1. The third-order valence-corrected chi connectivity index (χ3v) is 2.92. The van der Waals surface area contributed by atoms with Crippen LogP contribution in [0.3, 0.4) is 0 Å². The highest BCUT2D eigenvalue weighted by atomic mass is 19.1. The lowest BCUT2D eigenvalue weighted by atomic mass is 9.98. The molecule has 2 N–H and O–H groups in total. The van der Waals surface area contributed by atoms with Crippen molar-refractivity contribution in [1.29, 1.82) is 0 Å². The minimum Gasteiger partial charge on any atom is -0.496 e. The largest absolute Gasteiger partial charge is 0.496 e. The molecule has 4 heteroatoms. The van der Waals surface area contributed by atoms with E-state index in [9.17, 15) is 4.39 Å². The van der Waals surface area contributed by atoms with E-state index in [4.69, 9.17) is 10.5 Å². The quantitative estimate of drug-likeness (QED) is 0.905. The van der Waals surface area contributed by atoms with Crippen LogP contribution in [0.5, 0.6) is 5.75 Å². The molecule has 0 aliphatic carbocycles. The minimum atomic E-state index is -0.502. The molecular weight excluding hydrogens is 231 g/mol. The van der Waals surface area contributed by atoms with Crippen LogP contribution in [-0.2, 0) is 0 Å². The minimum absolute atomic E-state index is 0.390. The molecule has 0 bridgehead atoms. The molecule has 0 radical (unpaired) electrons. The number of pyridine rings is 1. The zero-order valence-electron chi connectivity index (χ0n) is 10.4. The average molecular weight is 246 g/mol. The highest BCUT2D eigenvalue weighted by Crippen LogP contribution is 2.26. The summed E-state index contributed by atoms with van der Waals surface area (Å²) in [6.45, 7) is 1.93. The van der Waals surface area contributed by atoms with Crippen molar-refractivity contribution in [1.82, 2.24) is 4.98 Å². The summed E-state index contributed by atoms with van der Waals surface area (Å²) in [4.78, 5) is 3.72. The van der Waals surface area contributed by atoms with Crippen molar-refractivity contribution < 1.29 is 9.13 Å². The first kappa shape index (κ1) is 12.5. The van der Waals surface area contributed by atoms with E-state index in [2.05, 4.69) is 4.98 Å². The van der Waals surface area contributed by atoms with Crippen molar-refractivity contribution in [3.05, 3.63) is 59.2 Å². The molecule has 1 atom stereocenters. The van der Waals surface area contributed by atoms with Crippen LogP contribution in [0.4, 0.5) is 4.39 Å². The van der Waals surface area contributed by atoms with Gasteiger partial charge in [0.05, 0.1) is 19.3 Å². The molecule has 0 fully saturated rings. The molecular formula is C14H15FN2O. The van der Waals surface area contributed by atoms with Gasteiger partial charge in [0.1, 0.15) is 11.6 Å². The Labute approximate surface area is 105 Å². The fraction of sp³-hybridized carbons (Fsp3) is 0.214. The summed E-state index contributed by atoms with van der Waals surface area (Å²) in [7, 11) is 1.62. The smallest absolute Gasteiger partial charge is 0.146 e. The van der Waals surface area contributed by atoms with Crippen LogP contribution < -0.4 is 10.5 Å². The third kappa shape index (κ3) is 2.33. The number of hydrogen-bond donors (Lipinski definition) is 1. The maximum Gasteiger partial charge on any atom is 0.146 e. The van der Waals surface area contributed by atoms with Crippen molar-refractivity contribution in [3.63, 3.8) is 0 Å². The molecule has 0 saturated heterocycles. The van der Waals surface area contributed by atoms with Crippen LogP contribution in [0.15, 0.2) is 36.7 Å². The fourth-order valence-electron chi connectivity index (χ4n) is 1.91. The summed E-state index contributed by atoms with van der Waals surface area (Å²) in [5.74, 6) is 0.402. The number of hydrogen-bond acceptors (Lipinski definition) is 3. The maximum atomic E-state index is 13.6. The molecule has 2 rings (SSSR count). The molecule has 18 heavy (non-hydrogen) atoms. The van der Waals surface area contributed by atoms with Gasteiger partial charge in [0.25, 0.3) is 0 Å². The molecule has 1 heterocycles. The number of aryl methyl sites for hydroxylation is 1. The topological polar surface area (TPSA) is 48.1 Å². The second kappa shape index (κ2) is 5.14. The van der Waals surface area contributed by atoms with Crippen molar-refractivity contribution in [2.45, 2.75) is 13.0 Å². The van der Waals surface area contributed by atoms with Gasteiger partial charge in [-0.1, -0.05) is 12.1 Å². The summed E-state index contributed by atoms with van der Waals surface area (Å²) in [6.07, 6.45) is 2.71. The van der Waals surface area contributed by atoms with Crippen LogP contribution in [0.1, 0.15) is 22.7 Å². The molecule has 1 unspecified atom stereocenters. The second-order valence-electron chi connectivity index (χ2n) is 4.10. The fourth-order valence-corrected chi connectivity index (χ4v) is 1.91. The zero-order valence-corrected chi connectivity index (χ0v) is 10.4. The van der Waals surface area contributed by atoms with E-state index in [-0.39, 0.29) is 0 Å². The van der Waals surface area contributed by atoms with E-state index in [1.54, 1.807) is 13.2 Å². The summed E-state index contributed by atoms with van der Waals surface area (Å²) in [5, 5.41) is 0. The summed E-state index contributed by atoms with van der Waals surface area (Å²) in [6, 6.07) is 6.68. The summed E-state index contributed by atoms with van der Waals surface area (Å²) < 4.78 is 18.8. The number of nitrogens with two attached hydrogens (primary N) is 1. The standard InChI is InChI=1S/C14H15FN2O/c1-9-7-10(3-4-13(9)18-2)14(16)11-5-6-17-8-12(11)15/h3-8,14H,16H2,1-2H3. The zero-order chi connectivity index (χ0) is 13.1. The second-order valence-corrected chi connectivity index (χ2v) is 4.10. The van der Waals surface area contributed by atoms with Gasteiger partial charge in [-0.15, -0.1) is 0 Å². The summed E-state index contributed by atoms with van der Waals surface area (Å²) >= 11 is 0. The van der Waals surface area contributed by atoms with Crippen LogP contribution in [0, 0.1) is 12.7 Å². The Morgan fingerprint density at radius 1 is 1.33 bits per heavy atom. The van der Waals surface area contributed by atoms with Crippen LogP contribution in [0.2, 0.25) is 0 Å². The van der Waals surface area contributed by atoms with Gasteiger partial charge < -0.3 is 10.5 Å². The van der Waals surface area contributed by atoms with Crippen LogP contribution in [0.25, 0.3) is 0 Å². The SMILES string of the molecule is COc1ccc(C(N)c2ccncc2F)cc1C. The van der Waals surface area contributed by atoms with Gasteiger partial charge in [-0.2, -0.15) is 0 Å². The van der Waals surface area contributed by atoms with Gasteiger partial charge >= 0.3 is 0 Å². The van der Waals surface area contributed by atoms with E-state index < -0.39 is 11.9 Å². The molecule has 0 aliphatic rings. The molecule has 94 valence electrons. The lowest BCUT2D eigenvalue weighted by molar-refractivity contribution is 0.411. The number of aromatic nitrogens is 1. The Hall–Kier alpha value is -1.94. The van der Waals surface area contributed by atoms with Gasteiger partial charge in [-0.25, -0.2) is 4.39 Å². The first-order chi connectivity index (χ1) is 8.63. The Bertz CT molecular complexity index is 557. The molecule has 1 aromatic carbocycles. The first-order valence-corrected chi connectivity index (χ1v) is 5.63. The van der Waals surface area contributed by atoms with E-state index in [1.807, 2.05) is 25.1 Å². The van der Waals surface area contributed by atoms with E-state index in [0.29, 0.717) is 5.56 Å². The van der Waals surface area contributed by atoms with Crippen molar-refractivity contribution in [3.8, 4) is 5.75 Å². The van der Waals surface area contributed by atoms with Crippen molar-refractivity contribution in [2.24, 2.45) is 5.73 Å². The lowest BCUT2D eigenvalue weighted by Gasteiger charge is -2.15.